The molecule has 0 bridgehead atoms. The van der Waals surface area contributed by atoms with Crippen molar-refractivity contribution in [1.82, 2.24) is 4.98 Å². The summed E-state index contributed by atoms with van der Waals surface area (Å²) in [5.41, 5.74) is 3.40. The second kappa shape index (κ2) is 11.6. The topological polar surface area (TPSA) is 93.7 Å². The maximum absolute atomic E-state index is 10.5. The van der Waals surface area contributed by atoms with E-state index >= 15 is 0 Å². The van der Waals surface area contributed by atoms with Crippen LogP contribution in [-0.2, 0) is 6.54 Å². The zero-order chi connectivity index (χ0) is 25.3. The van der Waals surface area contributed by atoms with Gasteiger partial charge in [0.15, 0.2) is 0 Å². The Labute approximate surface area is 210 Å². The molecule has 0 saturated carbocycles. The van der Waals surface area contributed by atoms with E-state index in [0.717, 1.165) is 22.5 Å². The molecule has 2 N–H and O–H groups in total. The highest BCUT2D eigenvalue weighted by Gasteiger charge is 2.15. The minimum absolute atomic E-state index is 0.0212. The molecule has 4 rings (SSSR count). The van der Waals surface area contributed by atoms with Gasteiger partial charge in [0.25, 0.3) is 0 Å². The van der Waals surface area contributed by atoms with E-state index < -0.39 is 0 Å². The largest absolute Gasteiger partial charge is 0.508 e. The number of phenolic OH excluding ortho intramolecular Hbond substituents is 2. The molecule has 7 nitrogen and oxygen atoms in total. The molecule has 0 fully saturated rings. The quantitative estimate of drug-likeness (QED) is 0.151. The standard InChI is InChI=1S/C29H27N5O2/c1-3-4-9-22(30-2)19-34(20-23-10-7-8-17-31-23)27-12-6-5-11-26(27)32-33-29-25-18-24(35)15-13-21(25)14-16-28(29)36/h3-18,35-36H,2,19-20H2,1H3/b4-3-,22-9-,33-32?. The van der Waals surface area contributed by atoms with Crippen molar-refractivity contribution in [3.63, 3.8) is 0 Å². The van der Waals surface area contributed by atoms with Crippen LogP contribution >= 0.6 is 0 Å². The summed E-state index contributed by atoms with van der Waals surface area (Å²) in [7, 11) is 0. The van der Waals surface area contributed by atoms with Crippen molar-refractivity contribution in [3.8, 4) is 11.5 Å². The lowest BCUT2D eigenvalue weighted by molar-refractivity contribution is 0.475. The molecule has 0 unspecified atom stereocenters. The van der Waals surface area contributed by atoms with Crippen molar-refractivity contribution in [1.29, 1.82) is 0 Å². The van der Waals surface area contributed by atoms with Gasteiger partial charge in [0.2, 0.25) is 0 Å². The maximum Gasteiger partial charge on any atom is 0.143 e. The first kappa shape index (κ1) is 24.3. The number of azo groups is 1. The number of hydrogen-bond donors (Lipinski definition) is 2. The molecule has 4 aromatic rings. The summed E-state index contributed by atoms with van der Waals surface area (Å²) in [6, 6.07) is 21.7. The van der Waals surface area contributed by atoms with Gasteiger partial charge in [0, 0.05) is 11.6 Å². The molecule has 0 aliphatic heterocycles. The molecule has 1 heterocycles. The van der Waals surface area contributed by atoms with Crippen LogP contribution in [-0.4, -0.2) is 28.5 Å². The summed E-state index contributed by atoms with van der Waals surface area (Å²) in [5.74, 6) is 0.0657. The molecule has 0 spiro atoms. The molecule has 0 aliphatic rings. The van der Waals surface area contributed by atoms with Gasteiger partial charge in [-0.1, -0.05) is 42.5 Å². The molecule has 0 aliphatic carbocycles. The predicted octanol–water partition coefficient (Wildman–Crippen LogP) is 7.23. The number of allylic oxidation sites excluding steroid dienone is 3. The zero-order valence-corrected chi connectivity index (χ0v) is 20.0. The van der Waals surface area contributed by atoms with Crippen LogP contribution < -0.4 is 4.90 Å². The van der Waals surface area contributed by atoms with Gasteiger partial charge in [0.05, 0.1) is 30.2 Å². The first-order valence-electron chi connectivity index (χ1n) is 11.5. The van der Waals surface area contributed by atoms with Crippen LogP contribution in [0.2, 0.25) is 0 Å². The van der Waals surface area contributed by atoms with Gasteiger partial charge in [-0.2, -0.15) is 0 Å². The fourth-order valence-electron chi connectivity index (χ4n) is 3.78. The highest BCUT2D eigenvalue weighted by Crippen LogP contribution is 2.39. The number of benzene rings is 3. The number of rotatable bonds is 9. The number of para-hydroxylation sites is 1. The van der Waals surface area contributed by atoms with Gasteiger partial charge >= 0.3 is 0 Å². The smallest absolute Gasteiger partial charge is 0.143 e. The van der Waals surface area contributed by atoms with E-state index in [9.17, 15) is 10.2 Å². The van der Waals surface area contributed by atoms with Crippen LogP contribution in [0.3, 0.4) is 0 Å². The number of hydrogen-bond acceptors (Lipinski definition) is 7. The molecule has 7 heteroatoms. The molecule has 3 aromatic carbocycles. The number of phenols is 2. The van der Waals surface area contributed by atoms with Gasteiger partial charge in [-0.15, -0.1) is 10.2 Å². The summed E-state index contributed by atoms with van der Waals surface area (Å²) >= 11 is 0. The van der Waals surface area contributed by atoms with E-state index in [4.69, 9.17) is 0 Å². The Morgan fingerprint density at radius 2 is 1.81 bits per heavy atom. The van der Waals surface area contributed by atoms with Crippen molar-refractivity contribution < 1.29 is 10.2 Å². The Bertz CT molecular complexity index is 1440. The van der Waals surface area contributed by atoms with Crippen LogP contribution in [0.25, 0.3) is 10.8 Å². The number of nitrogens with zero attached hydrogens (tertiary/aromatic N) is 5. The van der Waals surface area contributed by atoms with Crippen LogP contribution in [0.4, 0.5) is 17.1 Å². The van der Waals surface area contributed by atoms with Crippen molar-refractivity contribution in [3.05, 3.63) is 109 Å². The minimum atomic E-state index is -0.0212. The second-order valence-electron chi connectivity index (χ2n) is 8.05. The summed E-state index contributed by atoms with van der Waals surface area (Å²) < 4.78 is 0. The number of aliphatic imine (C=N–C) groups is 1. The van der Waals surface area contributed by atoms with Crippen molar-refractivity contribution in [2.24, 2.45) is 15.2 Å². The van der Waals surface area contributed by atoms with Gasteiger partial charge in [0.1, 0.15) is 22.9 Å². The average molecular weight is 478 g/mol. The van der Waals surface area contributed by atoms with Crippen molar-refractivity contribution >= 4 is 34.6 Å². The average Bonchev–Trinajstić information content (AvgIpc) is 2.90. The molecule has 36 heavy (non-hydrogen) atoms. The molecule has 180 valence electrons. The van der Waals surface area contributed by atoms with E-state index in [-0.39, 0.29) is 17.2 Å². The van der Waals surface area contributed by atoms with Gasteiger partial charge in [-0.25, -0.2) is 0 Å². The molecule has 0 radical (unpaired) electrons. The number of aromatic hydroxyl groups is 2. The Morgan fingerprint density at radius 3 is 2.58 bits per heavy atom. The third-order valence-electron chi connectivity index (χ3n) is 5.55. The Balaban J connectivity index is 1.76. The molecule has 0 atom stereocenters. The lowest BCUT2D eigenvalue weighted by Gasteiger charge is -2.25. The van der Waals surface area contributed by atoms with Crippen LogP contribution in [0, 0.1) is 0 Å². The fraction of sp³-hybridized carbons (Fsp3) is 0.103. The fourth-order valence-corrected chi connectivity index (χ4v) is 3.78. The molecular weight excluding hydrogens is 450 g/mol. The molecule has 0 saturated heterocycles. The maximum atomic E-state index is 10.5. The molecular formula is C29H27N5O2. The molecule has 1 aromatic heterocycles. The first-order chi connectivity index (χ1) is 17.6. The summed E-state index contributed by atoms with van der Waals surface area (Å²) in [6.07, 6.45) is 7.54. The number of fused-ring (bicyclic) bond motifs is 1. The Kier molecular flexibility index (Phi) is 7.83. The van der Waals surface area contributed by atoms with Crippen LogP contribution in [0.1, 0.15) is 12.6 Å². The lowest BCUT2D eigenvalue weighted by atomic mass is 10.1. The Hall–Kier alpha value is -4.78. The number of anilines is 1. The van der Waals surface area contributed by atoms with Crippen LogP contribution in [0.5, 0.6) is 11.5 Å². The zero-order valence-electron chi connectivity index (χ0n) is 20.0. The number of pyridine rings is 1. The summed E-state index contributed by atoms with van der Waals surface area (Å²) in [5, 5.41) is 30.8. The van der Waals surface area contributed by atoms with E-state index in [1.165, 1.54) is 0 Å². The van der Waals surface area contributed by atoms with Gasteiger partial charge < -0.3 is 15.1 Å². The summed E-state index contributed by atoms with van der Waals surface area (Å²) in [6.45, 7) is 6.67. The van der Waals surface area contributed by atoms with Crippen molar-refractivity contribution in [2.75, 3.05) is 11.4 Å². The SMILES string of the molecule is C=N/C(=C\C=C/C)CN(Cc1ccccn1)c1ccccc1N=Nc1c(O)ccc2ccc(O)cc12. The van der Waals surface area contributed by atoms with Gasteiger partial charge in [-0.05, 0) is 67.6 Å². The van der Waals surface area contributed by atoms with E-state index in [2.05, 4.69) is 31.8 Å². The normalized spacial score (nSPS) is 12.0. The third-order valence-corrected chi connectivity index (χ3v) is 5.55. The predicted molar refractivity (Wildman–Crippen MR) is 146 cm³/mol. The van der Waals surface area contributed by atoms with Gasteiger partial charge in [-0.3, -0.25) is 9.98 Å². The molecule has 0 amide bonds. The first-order valence-corrected chi connectivity index (χ1v) is 11.5. The van der Waals surface area contributed by atoms with Crippen LogP contribution in [0.15, 0.2) is 118 Å². The minimum Gasteiger partial charge on any atom is -0.508 e. The highest BCUT2D eigenvalue weighted by atomic mass is 16.3. The van der Waals surface area contributed by atoms with E-state index in [1.54, 1.807) is 36.5 Å². The third kappa shape index (κ3) is 5.82. The van der Waals surface area contributed by atoms with E-state index in [0.29, 0.717) is 24.2 Å². The van der Waals surface area contributed by atoms with E-state index in [1.807, 2.05) is 67.6 Å². The van der Waals surface area contributed by atoms with Crippen molar-refractivity contribution in [2.45, 2.75) is 13.5 Å². The summed E-state index contributed by atoms with van der Waals surface area (Å²) in [4.78, 5) is 10.8. The lowest BCUT2D eigenvalue weighted by Crippen LogP contribution is -2.25. The number of aromatic nitrogens is 1. The highest BCUT2D eigenvalue weighted by molar-refractivity contribution is 5.96. The Morgan fingerprint density at radius 1 is 1.00 bits per heavy atom. The monoisotopic (exact) mass is 477 g/mol. The second-order valence-corrected chi connectivity index (χ2v) is 8.05.